The minimum Gasteiger partial charge on any atom is -0.460 e. The van der Waals surface area contributed by atoms with Crippen molar-refractivity contribution in [3.63, 3.8) is 0 Å². The van der Waals surface area contributed by atoms with Crippen LogP contribution < -0.4 is 10.6 Å². The summed E-state index contributed by atoms with van der Waals surface area (Å²) < 4.78 is 5.59. The van der Waals surface area contributed by atoms with Crippen molar-refractivity contribution in [2.75, 3.05) is 13.6 Å². The van der Waals surface area contributed by atoms with Crippen LogP contribution in [0.2, 0.25) is 0 Å². The number of benzene rings is 1. The molecule has 2 rings (SSSR count). The SMILES string of the molecule is CNC(=O)CNCc1cc2ccccc2o1.Cl. The molecule has 1 aromatic heterocycles. The molecule has 0 aliphatic rings. The van der Waals surface area contributed by atoms with E-state index in [0.717, 1.165) is 16.7 Å². The largest absolute Gasteiger partial charge is 0.460 e. The molecule has 1 aromatic carbocycles. The number of fused-ring (bicyclic) bond motifs is 1. The second kappa shape index (κ2) is 6.27. The number of amides is 1. The van der Waals surface area contributed by atoms with Gasteiger partial charge >= 0.3 is 0 Å². The monoisotopic (exact) mass is 254 g/mol. The minimum absolute atomic E-state index is 0. The molecule has 2 aromatic rings. The predicted molar refractivity (Wildman–Crippen MR) is 69.2 cm³/mol. The molecule has 0 saturated carbocycles. The number of hydrogen-bond acceptors (Lipinski definition) is 3. The van der Waals surface area contributed by atoms with Crippen molar-refractivity contribution in [2.24, 2.45) is 0 Å². The Labute approximate surface area is 106 Å². The van der Waals surface area contributed by atoms with Gasteiger partial charge in [-0.25, -0.2) is 0 Å². The van der Waals surface area contributed by atoms with E-state index in [4.69, 9.17) is 4.42 Å². The highest BCUT2D eigenvalue weighted by atomic mass is 35.5. The molecule has 1 heterocycles. The predicted octanol–water partition coefficient (Wildman–Crippen LogP) is 1.69. The van der Waals surface area contributed by atoms with Crippen molar-refractivity contribution in [3.05, 3.63) is 36.1 Å². The van der Waals surface area contributed by atoms with Crippen molar-refractivity contribution in [3.8, 4) is 0 Å². The molecule has 17 heavy (non-hydrogen) atoms. The summed E-state index contributed by atoms with van der Waals surface area (Å²) in [7, 11) is 1.62. The van der Waals surface area contributed by atoms with Gasteiger partial charge in [-0.1, -0.05) is 18.2 Å². The standard InChI is InChI=1S/C12H14N2O2.ClH/c1-13-12(15)8-14-7-10-6-9-4-2-3-5-11(9)16-10;/h2-6,14H,7-8H2,1H3,(H,13,15);1H. The molecule has 0 bridgehead atoms. The van der Waals surface area contributed by atoms with Gasteiger partial charge in [0, 0.05) is 12.4 Å². The summed E-state index contributed by atoms with van der Waals surface area (Å²) in [6.45, 7) is 0.857. The number of likely N-dealkylation sites (N-methyl/N-ethyl adjacent to an activating group) is 1. The number of carbonyl (C=O) groups excluding carboxylic acids is 1. The lowest BCUT2D eigenvalue weighted by molar-refractivity contribution is -0.119. The summed E-state index contributed by atoms with van der Waals surface area (Å²) in [5.74, 6) is 0.807. The molecule has 0 atom stereocenters. The number of rotatable bonds is 4. The van der Waals surface area contributed by atoms with Crippen molar-refractivity contribution < 1.29 is 9.21 Å². The van der Waals surface area contributed by atoms with Gasteiger partial charge in [-0.05, 0) is 12.1 Å². The van der Waals surface area contributed by atoms with Crippen LogP contribution in [0.5, 0.6) is 0 Å². The number of halogens is 1. The van der Waals surface area contributed by atoms with Crippen LogP contribution in [0.15, 0.2) is 34.7 Å². The van der Waals surface area contributed by atoms with Gasteiger partial charge in [-0.3, -0.25) is 4.79 Å². The summed E-state index contributed by atoms with van der Waals surface area (Å²) >= 11 is 0. The Bertz CT molecular complexity index is 463. The van der Waals surface area contributed by atoms with Gasteiger partial charge in [0.15, 0.2) is 0 Å². The van der Waals surface area contributed by atoms with Gasteiger partial charge < -0.3 is 15.1 Å². The van der Waals surface area contributed by atoms with Crippen LogP contribution in [-0.4, -0.2) is 19.5 Å². The maximum atomic E-state index is 11.0. The van der Waals surface area contributed by atoms with Crippen LogP contribution in [0.4, 0.5) is 0 Å². The van der Waals surface area contributed by atoms with Gasteiger partial charge in [0.05, 0.1) is 13.1 Å². The van der Waals surface area contributed by atoms with Crippen LogP contribution >= 0.6 is 12.4 Å². The fourth-order valence-corrected chi connectivity index (χ4v) is 1.51. The molecule has 0 aliphatic carbocycles. The molecule has 1 amide bonds. The van der Waals surface area contributed by atoms with Crippen molar-refractivity contribution >= 4 is 29.3 Å². The van der Waals surface area contributed by atoms with Gasteiger partial charge in [0.2, 0.25) is 5.91 Å². The first-order valence-electron chi connectivity index (χ1n) is 5.18. The second-order valence-electron chi connectivity index (χ2n) is 3.53. The highest BCUT2D eigenvalue weighted by Crippen LogP contribution is 2.18. The first-order valence-corrected chi connectivity index (χ1v) is 5.18. The van der Waals surface area contributed by atoms with Gasteiger partial charge in [-0.15, -0.1) is 12.4 Å². The summed E-state index contributed by atoms with van der Waals surface area (Å²) in [6.07, 6.45) is 0. The van der Waals surface area contributed by atoms with E-state index in [-0.39, 0.29) is 18.3 Å². The van der Waals surface area contributed by atoms with Crippen LogP contribution in [-0.2, 0) is 11.3 Å². The lowest BCUT2D eigenvalue weighted by atomic mass is 10.2. The van der Waals surface area contributed by atoms with Crippen molar-refractivity contribution in [2.45, 2.75) is 6.54 Å². The maximum Gasteiger partial charge on any atom is 0.233 e. The van der Waals surface area contributed by atoms with Crippen LogP contribution in [0.1, 0.15) is 5.76 Å². The highest BCUT2D eigenvalue weighted by Gasteiger charge is 2.03. The van der Waals surface area contributed by atoms with E-state index >= 15 is 0 Å². The third-order valence-corrected chi connectivity index (χ3v) is 2.34. The molecule has 0 fully saturated rings. The van der Waals surface area contributed by atoms with E-state index in [1.165, 1.54) is 0 Å². The molecule has 2 N–H and O–H groups in total. The zero-order valence-electron chi connectivity index (χ0n) is 9.53. The Kier molecular flexibility index (Phi) is 5.00. The normalized spacial score (nSPS) is 9.94. The zero-order valence-corrected chi connectivity index (χ0v) is 10.3. The summed E-state index contributed by atoms with van der Waals surface area (Å²) in [5.41, 5.74) is 0.874. The van der Waals surface area contributed by atoms with Gasteiger partial charge in [0.1, 0.15) is 11.3 Å². The Morgan fingerprint density at radius 1 is 1.35 bits per heavy atom. The Morgan fingerprint density at radius 3 is 2.82 bits per heavy atom. The lowest BCUT2D eigenvalue weighted by Crippen LogP contribution is -2.30. The fourth-order valence-electron chi connectivity index (χ4n) is 1.51. The third-order valence-electron chi connectivity index (χ3n) is 2.34. The van der Waals surface area contributed by atoms with E-state index in [2.05, 4.69) is 10.6 Å². The number of para-hydroxylation sites is 1. The molecule has 0 aliphatic heterocycles. The van der Waals surface area contributed by atoms with E-state index in [9.17, 15) is 4.79 Å². The van der Waals surface area contributed by atoms with Crippen molar-refractivity contribution in [1.29, 1.82) is 0 Å². The van der Waals surface area contributed by atoms with E-state index in [0.29, 0.717) is 13.1 Å². The molecule has 5 heteroatoms. The van der Waals surface area contributed by atoms with Crippen molar-refractivity contribution in [1.82, 2.24) is 10.6 Å². The second-order valence-corrected chi connectivity index (χ2v) is 3.53. The number of furan rings is 1. The molecule has 0 spiro atoms. The summed E-state index contributed by atoms with van der Waals surface area (Å²) in [6, 6.07) is 9.82. The summed E-state index contributed by atoms with van der Waals surface area (Å²) in [4.78, 5) is 11.0. The summed E-state index contributed by atoms with van der Waals surface area (Å²) in [5, 5.41) is 6.64. The van der Waals surface area contributed by atoms with Crippen LogP contribution in [0, 0.1) is 0 Å². The quantitative estimate of drug-likeness (QED) is 0.873. The lowest BCUT2D eigenvalue weighted by Gasteiger charge is -2.00. The van der Waals surface area contributed by atoms with E-state index in [1.807, 2.05) is 30.3 Å². The van der Waals surface area contributed by atoms with E-state index < -0.39 is 0 Å². The number of nitrogens with one attached hydrogen (secondary N) is 2. The van der Waals surface area contributed by atoms with E-state index in [1.54, 1.807) is 7.05 Å². The average Bonchev–Trinajstić information content (AvgIpc) is 2.71. The molecule has 4 nitrogen and oxygen atoms in total. The fraction of sp³-hybridized carbons (Fsp3) is 0.250. The molecule has 0 unspecified atom stereocenters. The average molecular weight is 255 g/mol. The Hall–Kier alpha value is -1.52. The molecule has 0 saturated heterocycles. The van der Waals surface area contributed by atoms with Gasteiger partial charge in [-0.2, -0.15) is 0 Å². The number of hydrogen-bond donors (Lipinski definition) is 2. The third kappa shape index (κ3) is 3.47. The molecular formula is C12H15ClN2O2. The first kappa shape index (κ1) is 13.5. The van der Waals surface area contributed by atoms with Crippen LogP contribution in [0.3, 0.4) is 0 Å². The molecular weight excluding hydrogens is 240 g/mol. The van der Waals surface area contributed by atoms with Crippen LogP contribution in [0.25, 0.3) is 11.0 Å². The molecule has 92 valence electrons. The Balaban J connectivity index is 0.00000144. The highest BCUT2D eigenvalue weighted by molar-refractivity contribution is 5.85. The van der Waals surface area contributed by atoms with Gasteiger partial charge in [0.25, 0.3) is 0 Å². The smallest absolute Gasteiger partial charge is 0.233 e. The zero-order chi connectivity index (χ0) is 11.4. The topological polar surface area (TPSA) is 54.3 Å². The molecule has 0 radical (unpaired) electrons. The maximum absolute atomic E-state index is 11.0. The Morgan fingerprint density at radius 2 is 2.12 bits per heavy atom. The number of carbonyl (C=O) groups is 1. The minimum atomic E-state index is -0.0314. The first-order chi connectivity index (χ1) is 7.79.